The molecule has 0 atom stereocenters. The number of halogens is 1. The highest BCUT2D eigenvalue weighted by molar-refractivity contribution is 6.64. The van der Waals surface area contributed by atoms with E-state index in [1.807, 2.05) is 6.07 Å². The minimum atomic E-state index is -0.379. The minimum absolute atomic E-state index is 0.157. The molecule has 0 saturated heterocycles. The van der Waals surface area contributed by atoms with Crippen LogP contribution in [-0.4, -0.2) is 11.1 Å². The van der Waals surface area contributed by atoms with Gasteiger partial charge >= 0.3 is 0 Å². The summed E-state index contributed by atoms with van der Waals surface area (Å²) < 4.78 is 0. The van der Waals surface area contributed by atoms with Crippen molar-refractivity contribution in [2.75, 3.05) is 0 Å². The molecule has 0 heterocycles. The van der Waals surface area contributed by atoms with Crippen molar-refractivity contribution in [3.05, 3.63) is 35.9 Å². The first-order valence-electron chi connectivity index (χ1n) is 4.65. The highest BCUT2D eigenvalue weighted by Gasteiger charge is 2.27. The van der Waals surface area contributed by atoms with E-state index in [1.165, 1.54) is 0 Å². The second-order valence-corrected chi connectivity index (χ2v) is 3.68. The van der Waals surface area contributed by atoms with Crippen LogP contribution in [0.2, 0.25) is 0 Å². The molecule has 0 aliphatic heterocycles. The van der Waals surface area contributed by atoms with Gasteiger partial charge in [-0.15, -0.1) is 0 Å². The van der Waals surface area contributed by atoms with Crippen LogP contribution in [0.3, 0.4) is 0 Å². The highest BCUT2D eigenvalue weighted by atomic mass is 35.5. The Morgan fingerprint density at radius 3 is 1.93 bits per heavy atom. The molecule has 1 aliphatic rings. The number of rotatable bonds is 2. The third-order valence-electron chi connectivity index (χ3n) is 1.96. The Morgan fingerprint density at radius 1 is 1.20 bits per heavy atom. The SMILES string of the molecule is NC(=O)c1ccccc1.O=C(Cl)C1CC1. The van der Waals surface area contributed by atoms with Crippen LogP contribution in [0.5, 0.6) is 0 Å². The van der Waals surface area contributed by atoms with Crippen LogP contribution in [0.15, 0.2) is 30.3 Å². The molecule has 15 heavy (non-hydrogen) atoms. The van der Waals surface area contributed by atoms with Crippen molar-refractivity contribution < 1.29 is 9.59 Å². The molecule has 0 spiro atoms. The highest BCUT2D eigenvalue weighted by Crippen LogP contribution is 2.30. The van der Waals surface area contributed by atoms with E-state index in [-0.39, 0.29) is 17.1 Å². The van der Waals surface area contributed by atoms with Crippen LogP contribution in [-0.2, 0) is 4.79 Å². The number of nitrogens with two attached hydrogens (primary N) is 1. The summed E-state index contributed by atoms with van der Waals surface area (Å²) >= 11 is 5.04. The summed E-state index contributed by atoms with van der Waals surface area (Å²) in [6.07, 6.45) is 2.03. The lowest BCUT2D eigenvalue weighted by Crippen LogP contribution is -2.09. The van der Waals surface area contributed by atoms with Gasteiger partial charge in [0.15, 0.2) is 0 Å². The summed E-state index contributed by atoms with van der Waals surface area (Å²) in [7, 11) is 0. The molecule has 1 amide bonds. The van der Waals surface area contributed by atoms with Gasteiger partial charge in [-0.05, 0) is 36.6 Å². The van der Waals surface area contributed by atoms with Crippen LogP contribution >= 0.6 is 11.6 Å². The third-order valence-corrected chi connectivity index (χ3v) is 2.27. The molecule has 1 saturated carbocycles. The zero-order valence-corrected chi connectivity index (χ0v) is 8.91. The van der Waals surface area contributed by atoms with Gasteiger partial charge in [0, 0.05) is 11.5 Å². The topological polar surface area (TPSA) is 60.2 Å². The smallest absolute Gasteiger partial charge is 0.248 e. The first-order chi connectivity index (χ1) is 7.11. The van der Waals surface area contributed by atoms with E-state index in [4.69, 9.17) is 17.3 Å². The van der Waals surface area contributed by atoms with Gasteiger partial charge in [0.25, 0.3) is 0 Å². The van der Waals surface area contributed by atoms with Gasteiger partial charge < -0.3 is 5.73 Å². The number of hydrogen-bond donors (Lipinski definition) is 1. The summed E-state index contributed by atoms with van der Waals surface area (Å²) in [4.78, 5) is 20.4. The van der Waals surface area contributed by atoms with Gasteiger partial charge in [0.1, 0.15) is 0 Å². The van der Waals surface area contributed by atoms with E-state index >= 15 is 0 Å². The molecule has 2 rings (SSSR count). The summed E-state index contributed by atoms with van der Waals surface area (Å²) in [6, 6.07) is 8.76. The molecule has 80 valence electrons. The van der Waals surface area contributed by atoms with Crippen molar-refractivity contribution >= 4 is 22.8 Å². The standard InChI is InChI=1S/C7H7NO.C4H5ClO/c8-7(9)6-4-2-1-3-5-6;5-4(6)3-1-2-3/h1-5H,(H2,8,9);3H,1-2H2. The zero-order valence-electron chi connectivity index (χ0n) is 8.15. The normalized spacial score (nSPS) is 13.7. The Bertz CT molecular complexity index is 347. The molecule has 1 aromatic carbocycles. The van der Waals surface area contributed by atoms with Crippen molar-refractivity contribution in [3.63, 3.8) is 0 Å². The Hall–Kier alpha value is -1.35. The van der Waals surface area contributed by atoms with Crippen LogP contribution in [0.1, 0.15) is 23.2 Å². The van der Waals surface area contributed by atoms with Crippen LogP contribution in [0, 0.1) is 5.92 Å². The number of hydrogen-bond acceptors (Lipinski definition) is 2. The van der Waals surface area contributed by atoms with E-state index in [1.54, 1.807) is 24.3 Å². The van der Waals surface area contributed by atoms with E-state index in [0.29, 0.717) is 5.56 Å². The first-order valence-corrected chi connectivity index (χ1v) is 5.03. The number of benzene rings is 1. The van der Waals surface area contributed by atoms with Gasteiger partial charge in [-0.25, -0.2) is 0 Å². The van der Waals surface area contributed by atoms with Crippen LogP contribution in [0.4, 0.5) is 0 Å². The average molecular weight is 226 g/mol. The van der Waals surface area contributed by atoms with Gasteiger partial charge in [-0.1, -0.05) is 18.2 Å². The fraction of sp³-hybridized carbons (Fsp3) is 0.273. The maximum absolute atomic E-state index is 10.4. The second kappa shape index (κ2) is 5.51. The number of primary amides is 1. The average Bonchev–Trinajstić information content (AvgIpc) is 3.03. The quantitative estimate of drug-likeness (QED) is 0.782. The molecule has 1 fully saturated rings. The molecule has 0 unspecified atom stereocenters. The van der Waals surface area contributed by atoms with E-state index in [2.05, 4.69) is 0 Å². The number of carbonyl (C=O) groups is 2. The van der Waals surface area contributed by atoms with E-state index in [9.17, 15) is 9.59 Å². The lowest BCUT2D eigenvalue weighted by molar-refractivity contribution is -0.112. The first kappa shape index (κ1) is 11.7. The molecule has 2 N–H and O–H groups in total. The summed E-state index contributed by atoms with van der Waals surface area (Å²) in [5.41, 5.74) is 5.53. The molecule has 0 bridgehead atoms. The lowest BCUT2D eigenvalue weighted by atomic mass is 10.2. The van der Waals surface area contributed by atoms with Crippen molar-refractivity contribution in [3.8, 4) is 0 Å². The molecule has 3 nitrogen and oxygen atoms in total. The predicted molar refractivity (Wildman–Crippen MR) is 58.5 cm³/mol. The fourth-order valence-electron chi connectivity index (χ4n) is 0.913. The molecule has 0 aromatic heterocycles. The van der Waals surface area contributed by atoms with E-state index in [0.717, 1.165) is 12.8 Å². The van der Waals surface area contributed by atoms with Crippen molar-refractivity contribution in [2.45, 2.75) is 12.8 Å². The Labute approximate surface area is 93.2 Å². The molecule has 0 radical (unpaired) electrons. The van der Waals surface area contributed by atoms with Crippen molar-refractivity contribution in [1.82, 2.24) is 0 Å². The molecular weight excluding hydrogens is 214 g/mol. The fourth-order valence-corrected chi connectivity index (χ4v) is 1.13. The number of carbonyl (C=O) groups excluding carboxylic acids is 2. The molecule has 1 aliphatic carbocycles. The van der Waals surface area contributed by atoms with Gasteiger partial charge in [-0.3, -0.25) is 9.59 Å². The summed E-state index contributed by atoms with van der Waals surface area (Å²) in [5, 5.41) is -0.157. The van der Waals surface area contributed by atoms with Gasteiger partial charge in [-0.2, -0.15) is 0 Å². The van der Waals surface area contributed by atoms with Crippen LogP contribution < -0.4 is 5.73 Å². The number of amides is 1. The second-order valence-electron chi connectivity index (χ2n) is 3.31. The maximum atomic E-state index is 10.4. The predicted octanol–water partition coefficient (Wildman–Crippen LogP) is 1.95. The molecular formula is C11H12ClNO2. The van der Waals surface area contributed by atoms with Gasteiger partial charge in [0.2, 0.25) is 11.1 Å². The Morgan fingerprint density at radius 2 is 1.73 bits per heavy atom. The third kappa shape index (κ3) is 4.61. The summed E-state index contributed by atoms with van der Waals surface area (Å²) in [6.45, 7) is 0. The lowest BCUT2D eigenvalue weighted by Gasteiger charge is -1.89. The zero-order chi connectivity index (χ0) is 11.3. The van der Waals surface area contributed by atoms with Crippen molar-refractivity contribution in [2.24, 2.45) is 11.7 Å². The minimum Gasteiger partial charge on any atom is -0.366 e. The maximum Gasteiger partial charge on any atom is 0.248 e. The summed E-state index contributed by atoms with van der Waals surface area (Å²) in [5.74, 6) is -0.151. The van der Waals surface area contributed by atoms with E-state index < -0.39 is 0 Å². The molecule has 1 aromatic rings. The Balaban J connectivity index is 0.000000162. The monoisotopic (exact) mass is 225 g/mol. The van der Waals surface area contributed by atoms with Gasteiger partial charge in [0.05, 0.1) is 0 Å². The van der Waals surface area contributed by atoms with Crippen molar-refractivity contribution in [1.29, 1.82) is 0 Å². The molecule has 4 heteroatoms. The Kier molecular flexibility index (Phi) is 4.31. The largest absolute Gasteiger partial charge is 0.366 e. The van der Waals surface area contributed by atoms with Crippen LogP contribution in [0.25, 0.3) is 0 Å².